The number of fused-ring (bicyclic) bond motifs is 1. The third-order valence-corrected chi connectivity index (χ3v) is 3.94. The first-order valence-corrected chi connectivity index (χ1v) is 7.28. The molecule has 2 unspecified atom stereocenters. The van der Waals surface area contributed by atoms with E-state index in [-0.39, 0.29) is 23.7 Å². The molecule has 21 heavy (non-hydrogen) atoms. The predicted molar refractivity (Wildman–Crippen MR) is 78.9 cm³/mol. The number of rotatable bonds is 0. The van der Waals surface area contributed by atoms with Gasteiger partial charge in [-0.05, 0) is 27.2 Å². The van der Waals surface area contributed by atoms with E-state index in [0.29, 0.717) is 25.1 Å². The van der Waals surface area contributed by atoms with E-state index in [1.54, 1.807) is 4.90 Å². The molecule has 0 bridgehead atoms. The van der Waals surface area contributed by atoms with Crippen LogP contribution < -0.4 is 0 Å². The smallest absolute Gasteiger partial charge is 0.410 e. The van der Waals surface area contributed by atoms with Gasteiger partial charge in [-0.25, -0.2) is 4.79 Å². The van der Waals surface area contributed by atoms with Crippen LogP contribution in [0.4, 0.5) is 4.79 Å². The number of aliphatic hydroxyl groups is 1. The highest BCUT2D eigenvalue weighted by atomic mass is 16.6. The van der Waals surface area contributed by atoms with Gasteiger partial charge >= 0.3 is 6.09 Å². The van der Waals surface area contributed by atoms with Crippen molar-refractivity contribution in [3.8, 4) is 0 Å². The first-order valence-electron chi connectivity index (χ1n) is 7.28. The van der Waals surface area contributed by atoms with Crippen LogP contribution in [0.5, 0.6) is 0 Å². The van der Waals surface area contributed by atoms with E-state index in [0.717, 1.165) is 11.8 Å². The second-order valence-electron chi connectivity index (χ2n) is 6.73. The van der Waals surface area contributed by atoms with Gasteiger partial charge in [-0.3, -0.25) is 4.79 Å². The molecule has 1 aliphatic carbocycles. The van der Waals surface area contributed by atoms with Crippen molar-refractivity contribution in [3.63, 3.8) is 0 Å². The molecule has 0 aromatic rings. The van der Waals surface area contributed by atoms with Gasteiger partial charge in [0.1, 0.15) is 5.60 Å². The zero-order chi connectivity index (χ0) is 15.8. The quantitative estimate of drug-likeness (QED) is 0.424. The van der Waals surface area contributed by atoms with Gasteiger partial charge in [0, 0.05) is 30.5 Å². The fraction of sp³-hybridized carbons (Fsp3) is 0.625. The summed E-state index contributed by atoms with van der Waals surface area (Å²) < 4.78 is 5.38. The van der Waals surface area contributed by atoms with Crippen LogP contribution >= 0.6 is 0 Å². The summed E-state index contributed by atoms with van der Waals surface area (Å²) in [4.78, 5) is 25.8. The largest absolute Gasteiger partial charge is 0.515 e. The number of hydrogen-bond donors (Lipinski definition) is 1. The molecule has 0 aromatic heterocycles. The summed E-state index contributed by atoms with van der Waals surface area (Å²) in [6.45, 7) is 8.36. The number of carbonyl (C=O) groups is 2. The molecule has 0 spiro atoms. The summed E-state index contributed by atoms with van der Waals surface area (Å²) in [5.41, 5.74) is 0.994. The molecular weight excluding hydrogens is 270 g/mol. The molecular formula is C16H23NO4. The van der Waals surface area contributed by atoms with Crippen LogP contribution in [-0.4, -0.2) is 40.6 Å². The van der Waals surface area contributed by atoms with Crippen LogP contribution in [0.15, 0.2) is 23.5 Å². The number of nitrogens with zero attached hydrogens (tertiary/aromatic N) is 1. The summed E-state index contributed by atoms with van der Waals surface area (Å²) in [5, 5.41) is 9.19. The molecule has 0 radical (unpaired) electrons. The molecule has 5 heteroatoms. The maximum absolute atomic E-state index is 12.1. The Labute approximate surface area is 125 Å². The topological polar surface area (TPSA) is 66.8 Å². The molecule has 1 N–H and O–H groups in total. The minimum atomic E-state index is -0.521. The van der Waals surface area contributed by atoms with E-state index in [2.05, 4.69) is 0 Å². The standard InChI is InChI=1S/C16H23NO4/c1-10-13-5-6-17(15(20)21-16(2,3)4)8-11(13)7-12(9-18)14(10)19/h5,9-11,18H,6-8H2,1-4H3/b12-9-. The normalized spacial score (nSPS) is 28.2. The molecule has 1 heterocycles. The van der Waals surface area contributed by atoms with Gasteiger partial charge in [0.2, 0.25) is 0 Å². The Bertz CT molecular complexity index is 513. The fourth-order valence-electron chi connectivity index (χ4n) is 2.93. The van der Waals surface area contributed by atoms with Gasteiger partial charge in [0.25, 0.3) is 0 Å². The fourth-order valence-corrected chi connectivity index (χ4v) is 2.93. The van der Waals surface area contributed by atoms with Crippen molar-refractivity contribution in [1.82, 2.24) is 4.90 Å². The highest BCUT2D eigenvalue weighted by Crippen LogP contribution is 2.37. The van der Waals surface area contributed by atoms with Gasteiger partial charge in [-0.1, -0.05) is 18.6 Å². The SMILES string of the molecule is CC1C(=O)/C(=C\O)CC2CN(C(=O)OC(C)(C)C)CC=C21. The van der Waals surface area contributed by atoms with E-state index in [1.807, 2.05) is 33.8 Å². The Balaban J connectivity index is 2.14. The Hall–Kier alpha value is -1.78. The van der Waals surface area contributed by atoms with Crippen LogP contribution in [0.1, 0.15) is 34.1 Å². The van der Waals surface area contributed by atoms with E-state index in [9.17, 15) is 14.7 Å². The number of Topliss-reactive ketones (excluding diaryl/α,β-unsaturated/α-hetero) is 1. The Kier molecular flexibility index (Phi) is 4.12. The highest BCUT2D eigenvalue weighted by molar-refractivity contribution is 5.99. The van der Waals surface area contributed by atoms with Gasteiger partial charge in [0.15, 0.2) is 5.78 Å². The maximum Gasteiger partial charge on any atom is 0.410 e. The molecule has 1 fully saturated rings. The van der Waals surface area contributed by atoms with Crippen molar-refractivity contribution in [3.05, 3.63) is 23.5 Å². The predicted octanol–water partition coefficient (Wildman–Crippen LogP) is 2.83. The third kappa shape index (κ3) is 3.28. The molecule has 0 aromatic carbocycles. The van der Waals surface area contributed by atoms with Gasteiger partial charge in [-0.15, -0.1) is 0 Å². The number of aliphatic hydroxyl groups excluding tert-OH is 1. The molecule has 2 rings (SSSR count). The molecule has 1 amide bonds. The van der Waals surface area contributed by atoms with Crippen LogP contribution in [0.25, 0.3) is 0 Å². The number of carbonyl (C=O) groups excluding carboxylic acids is 2. The van der Waals surface area contributed by atoms with E-state index < -0.39 is 5.60 Å². The monoisotopic (exact) mass is 293 g/mol. The number of allylic oxidation sites excluding steroid dienone is 1. The van der Waals surface area contributed by atoms with Crippen LogP contribution in [0.3, 0.4) is 0 Å². The Morgan fingerprint density at radius 2 is 2.14 bits per heavy atom. The lowest BCUT2D eigenvalue weighted by molar-refractivity contribution is -0.119. The Morgan fingerprint density at radius 3 is 2.71 bits per heavy atom. The highest BCUT2D eigenvalue weighted by Gasteiger charge is 2.38. The number of ketones is 1. The van der Waals surface area contributed by atoms with E-state index in [1.165, 1.54) is 0 Å². The lowest BCUT2D eigenvalue weighted by Gasteiger charge is -2.38. The second kappa shape index (κ2) is 5.54. The van der Waals surface area contributed by atoms with Crippen LogP contribution in [-0.2, 0) is 9.53 Å². The van der Waals surface area contributed by atoms with Crippen molar-refractivity contribution in [1.29, 1.82) is 0 Å². The minimum Gasteiger partial charge on any atom is -0.515 e. The zero-order valence-electron chi connectivity index (χ0n) is 13.0. The minimum absolute atomic E-state index is 0.0225. The lowest BCUT2D eigenvalue weighted by Crippen LogP contribution is -2.45. The van der Waals surface area contributed by atoms with Gasteiger partial charge in [-0.2, -0.15) is 0 Å². The van der Waals surface area contributed by atoms with Gasteiger partial charge < -0.3 is 14.7 Å². The summed E-state index contributed by atoms with van der Waals surface area (Å²) in [7, 11) is 0. The first kappa shape index (κ1) is 15.6. The van der Waals surface area contributed by atoms with Crippen LogP contribution in [0, 0.1) is 11.8 Å². The summed E-state index contributed by atoms with van der Waals surface area (Å²) in [6, 6.07) is 0. The first-order chi connectivity index (χ1) is 9.73. The number of ether oxygens (including phenoxy) is 1. The summed E-state index contributed by atoms with van der Waals surface area (Å²) >= 11 is 0. The van der Waals surface area contributed by atoms with Crippen molar-refractivity contribution in [2.45, 2.75) is 39.7 Å². The van der Waals surface area contributed by atoms with Gasteiger partial charge in [0.05, 0.1) is 6.26 Å². The summed E-state index contributed by atoms with van der Waals surface area (Å²) in [6.07, 6.45) is 3.00. The Morgan fingerprint density at radius 1 is 1.48 bits per heavy atom. The van der Waals surface area contributed by atoms with Crippen molar-refractivity contribution >= 4 is 11.9 Å². The molecule has 2 aliphatic rings. The third-order valence-electron chi connectivity index (χ3n) is 3.94. The zero-order valence-corrected chi connectivity index (χ0v) is 13.0. The summed E-state index contributed by atoms with van der Waals surface area (Å²) in [5.74, 6) is -0.161. The average molecular weight is 293 g/mol. The van der Waals surface area contributed by atoms with Crippen molar-refractivity contribution < 1.29 is 19.4 Å². The molecule has 1 aliphatic heterocycles. The number of amides is 1. The average Bonchev–Trinajstić information content (AvgIpc) is 2.40. The van der Waals surface area contributed by atoms with Crippen LogP contribution in [0.2, 0.25) is 0 Å². The maximum atomic E-state index is 12.1. The number of hydrogen-bond acceptors (Lipinski definition) is 4. The van der Waals surface area contributed by atoms with Crippen molar-refractivity contribution in [2.24, 2.45) is 11.8 Å². The second-order valence-corrected chi connectivity index (χ2v) is 6.73. The molecule has 0 saturated heterocycles. The van der Waals surface area contributed by atoms with E-state index >= 15 is 0 Å². The molecule has 116 valence electrons. The lowest BCUT2D eigenvalue weighted by atomic mass is 9.73. The van der Waals surface area contributed by atoms with E-state index in [4.69, 9.17) is 4.74 Å². The molecule has 2 atom stereocenters. The molecule has 1 saturated carbocycles. The van der Waals surface area contributed by atoms with Crippen molar-refractivity contribution in [2.75, 3.05) is 13.1 Å². The molecule has 5 nitrogen and oxygen atoms in total.